The Morgan fingerprint density at radius 1 is 1.19 bits per heavy atom. The molecule has 1 saturated carbocycles. The molecular weight excluding hydrogens is 326 g/mol. The Labute approximate surface area is 136 Å². The van der Waals surface area contributed by atoms with E-state index >= 15 is 0 Å². The van der Waals surface area contributed by atoms with Gasteiger partial charge in [-0.05, 0) is 62.1 Å². The highest BCUT2D eigenvalue weighted by Gasteiger charge is 2.23. The minimum atomic E-state index is 0.534. The second kappa shape index (κ2) is 7.75. The fraction of sp³-hybridized carbons (Fsp3) is 0.667. The van der Waals surface area contributed by atoms with Crippen LogP contribution in [0.25, 0.3) is 0 Å². The van der Waals surface area contributed by atoms with Gasteiger partial charge < -0.3 is 10.1 Å². The maximum absolute atomic E-state index is 5.74. The Morgan fingerprint density at radius 3 is 2.67 bits per heavy atom. The van der Waals surface area contributed by atoms with Crippen molar-refractivity contribution >= 4 is 15.9 Å². The second-order valence-corrected chi connectivity index (χ2v) is 7.41. The van der Waals surface area contributed by atoms with Gasteiger partial charge in [-0.25, -0.2) is 0 Å². The number of hydrogen-bond acceptors (Lipinski definition) is 2. The molecule has 3 rings (SSSR count). The molecule has 0 amide bonds. The number of ether oxygens (including phenoxy) is 1. The first-order valence-electron chi connectivity index (χ1n) is 8.42. The van der Waals surface area contributed by atoms with Crippen LogP contribution >= 0.6 is 15.9 Å². The molecule has 0 bridgehead atoms. The van der Waals surface area contributed by atoms with Crippen LogP contribution < -0.4 is 5.32 Å². The van der Waals surface area contributed by atoms with E-state index in [2.05, 4.69) is 45.5 Å². The van der Waals surface area contributed by atoms with Gasteiger partial charge in [0.1, 0.15) is 0 Å². The van der Waals surface area contributed by atoms with E-state index in [0.717, 1.165) is 19.2 Å². The summed E-state index contributed by atoms with van der Waals surface area (Å²) < 4.78 is 6.91. The van der Waals surface area contributed by atoms with Crippen molar-refractivity contribution in [3.8, 4) is 0 Å². The molecule has 1 aromatic rings. The molecule has 1 saturated heterocycles. The Balaban J connectivity index is 1.51. The van der Waals surface area contributed by atoms with Crippen LogP contribution in [0.15, 0.2) is 28.7 Å². The van der Waals surface area contributed by atoms with Crippen molar-refractivity contribution in [2.45, 2.75) is 63.0 Å². The molecular formula is C18H26BrNO. The molecule has 2 unspecified atom stereocenters. The summed E-state index contributed by atoms with van der Waals surface area (Å²) in [5.41, 5.74) is 1.47. The van der Waals surface area contributed by atoms with Gasteiger partial charge in [-0.1, -0.05) is 34.5 Å². The van der Waals surface area contributed by atoms with Gasteiger partial charge in [-0.15, -0.1) is 0 Å². The van der Waals surface area contributed by atoms with Crippen molar-refractivity contribution in [1.29, 1.82) is 0 Å². The van der Waals surface area contributed by atoms with Crippen LogP contribution in [0.3, 0.4) is 0 Å². The van der Waals surface area contributed by atoms with E-state index in [-0.39, 0.29) is 0 Å². The Hall–Kier alpha value is -0.380. The van der Waals surface area contributed by atoms with Crippen LogP contribution in [0.1, 0.15) is 56.4 Å². The molecule has 1 N–H and O–H groups in total. The SMILES string of the molecule is Brc1ccc(C(CCCC2CCCO2)CNC2CC2)cc1. The maximum Gasteiger partial charge on any atom is 0.0576 e. The molecule has 1 aliphatic heterocycles. The van der Waals surface area contributed by atoms with Crippen LogP contribution in [0.4, 0.5) is 0 Å². The summed E-state index contributed by atoms with van der Waals surface area (Å²) in [6.45, 7) is 2.10. The number of halogens is 1. The Kier molecular flexibility index (Phi) is 5.73. The van der Waals surface area contributed by atoms with Gasteiger partial charge >= 0.3 is 0 Å². The topological polar surface area (TPSA) is 21.3 Å². The molecule has 0 aromatic heterocycles. The highest BCUT2D eigenvalue weighted by atomic mass is 79.9. The number of rotatable bonds is 8. The highest BCUT2D eigenvalue weighted by molar-refractivity contribution is 9.10. The smallest absolute Gasteiger partial charge is 0.0576 e. The third kappa shape index (κ3) is 5.08. The molecule has 2 fully saturated rings. The predicted octanol–water partition coefficient (Wildman–Crippen LogP) is 4.63. The van der Waals surface area contributed by atoms with Crippen molar-refractivity contribution in [2.75, 3.05) is 13.2 Å². The van der Waals surface area contributed by atoms with Gasteiger partial charge in [0.15, 0.2) is 0 Å². The van der Waals surface area contributed by atoms with E-state index in [1.54, 1.807) is 0 Å². The first kappa shape index (κ1) is 15.5. The lowest BCUT2D eigenvalue weighted by Gasteiger charge is -2.19. The van der Waals surface area contributed by atoms with E-state index in [0.29, 0.717) is 12.0 Å². The summed E-state index contributed by atoms with van der Waals surface area (Å²) in [4.78, 5) is 0. The summed E-state index contributed by atoms with van der Waals surface area (Å²) in [5, 5.41) is 3.71. The molecule has 2 aliphatic rings. The van der Waals surface area contributed by atoms with Gasteiger partial charge in [-0.3, -0.25) is 0 Å². The van der Waals surface area contributed by atoms with Gasteiger partial charge in [0, 0.05) is 23.7 Å². The van der Waals surface area contributed by atoms with Gasteiger partial charge in [0.05, 0.1) is 6.10 Å². The van der Waals surface area contributed by atoms with Crippen LogP contribution in [-0.4, -0.2) is 25.3 Å². The quantitative estimate of drug-likeness (QED) is 0.736. The number of hydrogen-bond donors (Lipinski definition) is 1. The van der Waals surface area contributed by atoms with E-state index in [1.807, 2.05) is 0 Å². The molecule has 2 atom stereocenters. The lowest BCUT2D eigenvalue weighted by Crippen LogP contribution is -2.23. The lowest BCUT2D eigenvalue weighted by molar-refractivity contribution is 0.101. The maximum atomic E-state index is 5.74. The molecule has 0 radical (unpaired) electrons. The van der Waals surface area contributed by atoms with Crippen molar-refractivity contribution in [2.24, 2.45) is 0 Å². The first-order chi connectivity index (χ1) is 10.3. The largest absolute Gasteiger partial charge is 0.378 e. The average Bonchev–Trinajstić information content (AvgIpc) is 3.18. The zero-order chi connectivity index (χ0) is 14.5. The number of nitrogens with one attached hydrogen (secondary N) is 1. The fourth-order valence-corrected chi connectivity index (χ4v) is 3.45. The molecule has 0 spiro atoms. The zero-order valence-electron chi connectivity index (χ0n) is 12.7. The first-order valence-corrected chi connectivity index (χ1v) is 9.21. The molecule has 21 heavy (non-hydrogen) atoms. The second-order valence-electron chi connectivity index (χ2n) is 6.50. The highest BCUT2D eigenvalue weighted by Crippen LogP contribution is 2.27. The summed E-state index contributed by atoms with van der Waals surface area (Å²) in [6, 6.07) is 9.67. The van der Waals surface area contributed by atoms with Crippen LogP contribution in [0.2, 0.25) is 0 Å². The van der Waals surface area contributed by atoms with Crippen LogP contribution in [0, 0.1) is 0 Å². The van der Waals surface area contributed by atoms with Crippen molar-refractivity contribution in [3.05, 3.63) is 34.3 Å². The molecule has 1 heterocycles. The van der Waals surface area contributed by atoms with E-state index in [1.165, 1.54) is 55.0 Å². The Morgan fingerprint density at radius 2 is 2.00 bits per heavy atom. The van der Waals surface area contributed by atoms with E-state index in [4.69, 9.17) is 4.74 Å². The third-order valence-electron chi connectivity index (χ3n) is 4.67. The molecule has 1 aromatic carbocycles. The number of benzene rings is 1. The average molecular weight is 352 g/mol. The fourth-order valence-electron chi connectivity index (χ4n) is 3.18. The molecule has 116 valence electrons. The normalized spacial score (nSPS) is 23.4. The Bertz CT molecular complexity index is 423. The third-order valence-corrected chi connectivity index (χ3v) is 5.20. The van der Waals surface area contributed by atoms with Crippen molar-refractivity contribution < 1.29 is 4.74 Å². The monoisotopic (exact) mass is 351 g/mol. The van der Waals surface area contributed by atoms with Crippen molar-refractivity contribution in [1.82, 2.24) is 5.32 Å². The van der Waals surface area contributed by atoms with Gasteiger partial charge in [0.25, 0.3) is 0 Å². The lowest BCUT2D eigenvalue weighted by atomic mass is 9.92. The molecule has 1 aliphatic carbocycles. The predicted molar refractivity (Wildman–Crippen MR) is 90.7 cm³/mol. The molecule has 2 nitrogen and oxygen atoms in total. The standard InChI is InChI=1S/C18H26BrNO/c19-16-8-6-14(7-9-16)15(13-20-17-10-11-17)3-1-4-18-5-2-12-21-18/h6-9,15,17-18,20H,1-5,10-13H2. The van der Waals surface area contributed by atoms with Gasteiger partial charge in [-0.2, -0.15) is 0 Å². The van der Waals surface area contributed by atoms with Crippen LogP contribution in [0.5, 0.6) is 0 Å². The summed E-state index contributed by atoms with van der Waals surface area (Å²) in [7, 11) is 0. The minimum Gasteiger partial charge on any atom is -0.378 e. The van der Waals surface area contributed by atoms with Crippen molar-refractivity contribution in [3.63, 3.8) is 0 Å². The summed E-state index contributed by atoms with van der Waals surface area (Å²) in [5.74, 6) is 0.639. The minimum absolute atomic E-state index is 0.534. The zero-order valence-corrected chi connectivity index (χ0v) is 14.3. The summed E-state index contributed by atoms with van der Waals surface area (Å²) >= 11 is 3.53. The van der Waals surface area contributed by atoms with Crippen LogP contribution in [-0.2, 0) is 4.74 Å². The van der Waals surface area contributed by atoms with E-state index in [9.17, 15) is 0 Å². The molecule has 3 heteroatoms. The summed E-state index contributed by atoms with van der Waals surface area (Å²) in [6.07, 6.45) is 9.56. The van der Waals surface area contributed by atoms with E-state index < -0.39 is 0 Å². The van der Waals surface area contributed by atoms with Gasteiger partial charge in [0.2, 0.25) is 0 Å².